The van der Waals surface area contributed by atoms with Crippen LogP contribution in [0.15, 0.2) is 53.5 Å². The summed E-state index contributed by atoms with van der Waals surface area (Å²) in [7, 11) is 2.03. The van der Waals surface area contributed by atoms with Crippen molar-refractivity contribution in [3.05, 3.63) is 65.9 Å². The number of para-hydroxylation sites is 1. The summed E-state index contributed by atoms with van der Waals surface area (Å²) >= 11 is 0. The highest BCUT2D eigenvalue weighted by Gasteiger charge is 2.29. The number of hydrogen-bond acceptors (Lipinski definition) is 6. The molecule has 9 nitrogen and oxygen atoms in total. The number of benzene rings is 2. The highest BCUT2D eigenvalue weighted by molar-refractivity contribution is 6.01. The number of nitrogens with zero attached hydrogens (tertiary/aromatic N) is 5. The molecule has 2 aromatic carbocycles. The van der Waals surface area contributed by atoms with E-state index in [0.29, 0.717) is 37.5 Å². The first-order valence-corrected chi connectivity index (χ1v) is 14.2. The van der Waals surface area contributed by atoms with Gasteiger partial charge >= 0.3 is 0 Å². The molecule has 212 valence electrons. The monoisotopic (exact) mass is 556 g/mol. The van der Waals surface area contributed by atoms with Gasteiger partial charge in [0.25, 0.3) is 5.91 Å². The van der Waals surface area contributed by atoms with Gasteiger partial charge in [0.15, 0.2) is 12.2 Å². The predicted molar refractivity (Wildman–Crippen MR) is 154 cm³/mol. The minimum atomic E-state index is -0.671. The summed E-state index contributed by atoms with van der Waals surface area (Å²) < 4.78 is 28.9. The summed E-state index contributed by atoms with van der Waals surface area (Å²) in [5.74, 6) is 2.20. The van der Waals surface area contributed by atoms with Crippen LogP contribution in [0.3, 0.4) is 0 Å². The maximum absolute atomic E-state index is 13.3. The molecule has 0 radical (unpaired) electrons. The van der Waals surface area contributed by atoms with E-state index >= 15 is 0 Å². The number of imidazole rings is 1. The van der Waals surface area contributed by atoms with E-state index in [1.165, 1.54) is 19.2 Å². The fourth-order valence-electron chi connectivity index (χ4n) is 5.92. The fraction of sp³-hybridized carbons (Fsp3) is 0.387. The Morgan fingerprint density at radius 3 is 2.90 bits per heavy atom. The van der Waals surface area contributed by atoms with Crippen molar-refractivity contribution in [2.45, 2.75) is 38.3 Å². The third-order valence-corrected chi connectivity index (χ3v) is 8.28. The van der Waals surface area contributed by atoms with Crippen molar-refractivity contribution in [3.63, 3.8) is 0 Å². The van der Waals surface area contributed by atoms with Crippen molar-refractivity contribution < 1.29 is 18.3 Å². The summed E-state index contributed by atoms with van der Waals surface area (Å²) in [6.45, 7) is 1.48. The molecule has 2 N–H and O–H groups in total. The van der Waals surface area contributed by atoms with Gasteiger partial charge in [-0.05, 0) is 55.0 Å². The smallest absolute Gasteiger partial charge is 0.254 e. The minimum absolute atomic E-state index is 0.112. The van der Waals surface area contributed by atoms with Gasteiger partial charge in [-0.25, -0.2) is 14.4 Å². The molecule has 4 heterocycles. The summed E-state index contributed by atoms with van der Waals surface area (Å²) in [4.78, 5) is 24.2. The maximum Gasteiger partial charge on any atom is 0.254 e. The molecule has 1 aliphatic heterocycles. The molecule has 5 aromatic rings. The van der Waals surface area contributed by atoms with Crippen LogP contribution in [-0.4, -0.2) is 62.3 Å². The second-order valence-electron chi connectivity index (χ2n) is 11.3. The van der Waals surface area contributed by atoms with Crippen molar-refractivity contribution in [1.29, 1.82) is 0 Å². The van der Waals surface area contributed by atoms with Crippen molar-refractivity contribution in [2.75, 3.05) is 26.4 Å². The number of aromatic nitrogens is 4. The number of hydrogen-bond donors (Lipinski definition) is 1. The number of halogens is 1. The van der Waals surface area contributed by atoms with E-state index in [-0.39, 0.29) is 12.5 Å². The topological polar surface area (TPSA) is 104 Å². The van der Waals surface area contributed by atoms with Gasteiger partial charge in [0, 0.05) is 44.1 Å². The Hall–Kier alpha value is -4.18. The number of ether oxygens (including phenoxy) is 1. The van der Waals surface area contributed by atoms with Gasteiger partial charge in [-0.1, -0.05) is 12.1 Å². The molecule has 1 amide bonds. The zero-order valence-corrected chi connectivity index (χ0v) is 23.1. The summed E-state index contributed by atoms with van der Waals surface area (Å²) in [6.07, 6.45) is 6.88. The number of fused-ring (bicyclic) bond motifs is 3. The first-order chi connectivity index (χ1) is 20.0. The van der Waals surface area contributed by atoms with E-state index in [2.05, 4.69) is 32.3 Å². The van der Waals surface area contributed by atoms with Crippen LogP contribution in [0.2, 0.25) is 0 Å². The van der Waals surface area contributed by atoms with E-state index in [9.17, 15) is 9.18 Å². The second-order valence-corrected chi connectivity index (χ2v) is 11.3. The van der Waals surface area contributed by atoms with Crippen LogP contribution >= 0.6 is 0 Å². The van der Waals surface area contributed by atoms with E-state index in [0.717, 1.165) is 57.0 Å². The van der Waals surface area contributed by atoms with Crippen LogP contribution in [0.25, 0.3) is 33.5 Å². The molecule has 0 spiro atoms. The zero-order valence-electron chi connectivity index (χ0n) is 23.1. The molecule has 0 saturated heterocycles. The molecule has 1 aliphatic carbocycles. The first kappa shape index (κ1) is 25.8. The highest BCUT2D eigenvalue weighted by Crippen LogP contribution is 2.39. The van der Waals surface area contributed by atoms with E-state index < -0.39 is 12.7 Å². The highest BCUT2D eigenvalue weighted by atomic mass is 19.1. The van der Waals surface area contributed by atoms with Gasteiger partial charge in [-0.2, -0.15) is 0 Å². The first-order valence-electron chi connectivity index (χ1n) is 14.2. The van der Waals surface area contributed by atoms with Crippen LogP contribution in [-0.2, 0) is 26.4 Å². The van der Waals surface area contributed by atoms with E-state index in [4.69, 9.17) is 19.9 Å². The van der Waals surface area contributed by atoms with E-state index in [1.807, 2.05) is 25.2 Å². The largest absolute Gasteiger partial charge is 0.491 e. The Morgan fingerprint density at radius 1 is 1.24 bits per heavy atom. The van der Waals surface area contributed by atoms with Crippen molar-refractivity contribution >= 4 is 27.8 Å². The summed E-state index contributed by atoms with van der Waals surface area (Å²) in [5.41, 5.74) is 12.1. The normalized spacial score (nSPS) is 16.1. The number of nitrogens with two attached hydrogens (primary N) is 1. The van der Waals surface area contributed by atoms with Gasteiger partial charge in [0.05, 0.1) is 40.6 Å². The summed E-state index contributed by atoms with van der Waals surface area (Å²) in [5, 5.41) is 1.10. The number of carbonyl (C=O) groups is 1. The standard InChI is InChI=1S/C31H33FN6O3/c1-36-26-11-20-7-9-37(16-22(33)14-32)31(39)24(20)13-25(26)35-30(36)27-12-21-3-2-4-28(29(21)38(27)15-19-5-6-19)41-10-8-23-17-40-18-34-23/h2-4,11-13,17-19,22H,5-10,14-16,33H2,1H3/t22-/m1/s1. The third-order valence-electron chi connectivity index (χ3n) is 8.28. The van der Waals surface area contributed by atoms with Gasteiger partial charge in [0.1, 0.15) is 18.7 Å². The predicted octanol–water partition coefficient (Wildman–Crippen LogP) is 4.51. The Bertz CT molecular complexity index is 1740. The number of oxazole rings is 1. The molecule has 1 atom stereocenters. The van der Waals surface area contributed by atoms with Crippen molar-refractivity contribution in [2.24, 2.45) is 18.7 Å². The lowest BCUT2D eigenvalue weighted by Gasteiger charge is -2.30. The molecular formula is C31H33FN6O3. The van der Waals surface area contributed by atoms with Gasteiger partial charge in [0.2, 0.25) is 0 Å². The lowest BCUT2D eigenvalue weighted by atomic mass is 9.97. The number of alkyl halides is 1. The van der Waals surface area contributed by atoms with Crippen LogP contribution in [0.4, 0.5) is 4.39 Å². The molecule has 0 bridgehead atoms. The second kappa shape index (κ2) is 10.3. The molecule has 1 saturated carbocycles. The molecule has 10 heteroatoms. The molecule has 2 aliphatic rings. The van der Waals surface area contributed by atoms with Crippen LogP contribution < -0.4 is 10.5 Å². The lowest BCUT2D eigenvalue weighted by Crippen LogP contribution is -2.45. The molecule has 1 fully saturated rings. The molecule has 0 unspecified atom stereocenters. The average Bonchev–Trinajstić information content (AvgIpc) is 3.35. The quantitative estimate of drug-likeness (QED) is 0.272. The number of carbonyl (C=O) groups excluding carboxylic acids is 1. The number of aryl methyl sites for hydroxylation is 1. The zero-order chi connectivity index (χ0) is 28.1. The Kier molecular flexibility index (Phi) is 6.50. The molecule has 7 rings (SSSR count). The van der Waals surface area contributed by atoms with E-state index in [1.54, 1.807) is 11.2 Å². The molecular weight excluding hydrogens is 523 g/mol. The molecule has 3 aromatic heterocycles. The Labute approximate surface area is 236 Å². The Balaban J connectivity index is 1.27. The summed E-state index contributed by atoms with van der Waals surface area (Å²) in [6, 6.07) is 11.6. The number of amides is 1. The molecule has 41 heavy (non-hydrogen) atoms. The van der Waals surface area contributed by atoms with Gasteiger partial charge < -0.3 is 28.9 Å². The van der Waals surface area contributed by atoms with Gasteiger partial charge in [-0.3, -0.25) is 4.79 Å². The third kappa shape index (κ3) is 4.76. The SMILES string of the molecule is Cn1c(-c2cc3cccc(OCCc4cocn4)c3n2CC2CC2)nc2cc3c(cc21)CCN(C[C@H](N)CF)C3=O. The maximum atomic E-state index is 13.3. The fourth-order valence-corrected chi connectivity index (χ4v) is 5.92. The lowest BCUT2D eigenvalue weighted by molar-refractivity contribution is 0.0725. The van der Waals surface area contributed by atoms with Gasteiger partial charge in [-0.15, -0.1) is 0 Å². The number of rotatable bonds is 10. The average molecular weight is 557 g/mol. The Morgan fingerprint density at radius 2 is 2.12 bits per heavy atom. The van der Waals surface area contributed by atoms with Crippen LogP contribution in [0.5, 0.6) is 5.75 Å². The van der Waals surface area contributed by atoms with Crippen LogP contribution in [0, 0.1) is 5.92 Å². The van der Waals surface area contributed by atoms with Crippen LogP contribution in [0.1, 0.15) is 34.5 Å². The minimum Gasteiger partial charge on any atom is -0.491 e. The van der Waals surface area contributed by atoms with Crippen molar-refractivity contribution in [3.8, 4) is 17.3 Å². The van der Waals surface area contributed by atoms with Crippen molar-refractivity contribution in [1.82, 2.24) is 24.0 Å².